The van der Waals surface area contributed by atoms with Crippen molar-refractivity contribution in [2.75, 3.05) is 13.7 Å². The number of aliphatic hydroxyl groups excluding tert-OH is 2. The fourth-order valence-electron chi connectivity index (χ4n) is 4.87. The lowest BCUT2D eigenvalue weighted by Crippen LogP contribution is -2.27. The molecule has 0 heterocycles. The van der Waals surface area contributed by atoms with E-state index in [4.69, 9.17) is 9.84 Å². The van der Waals surface area contributed by atoms with Crippen molar-refractivity contribution in [2.24, 2.45) is 23.7 Å². The second kappa shape index (κ2) is 6.59. The van der Waals surface area contributed by atoms with Crippen LogP contribution in [0.4, 0.5) is 0 Å². The zero-order valence-electron chi connectivity index (χ0n) is 13.7. The van der Waals surface area contributed by atoms with E-state index in [1.54, 1.807) is 7.11 Å². The zero-order valence-corrected chi connectivity index (χ0v) is 13.7. The molecule has 0 amide bonds. The molecule has 5 atom stereocenters. The van der Waals surface area contributed by atoms with Gasteiger partial charge in [-0.05, 0) is 73.0 Å². The van der Waals surface area contributed by atoms with Crippen LogP contribution in [0.15, 0.2) is 18.2 Å². The van der Waals surface area contributed by atoms with Crippen LogP contribution in [0.1, 0.15) is 37.3 Å². The van der Waals surface area contributed by atoms with Crippen LogP contribution >= 0.6 is 0 Å². The lowest BCUT2D eigenvalue weighted by atomic mass is 9.73. The minimum Gasteiger partial charge on any atom is -0.496 e. The second-order valence-electron chi connectivity index (χ2n) is 7.22. The van der Waals surface area contributed by atoms with Crippen LogP contribution in [-0.4, -0.2) is 30.0 Å². The number of hydrogen-bond donors (Lipinski definition) is 2. The Bertz CT molecular complexity index is 513. The average Bonchev–Trinajstić information content (AvgIpc) is 2.84. The number of methoxy groups -OCH3 is 1. The molecule has 0 spiro atoms. The molecule has 0 bridgehead atoms. The van der Waals surface area contributed by atoms with Crippen LogP contribution < -0.4 is 4.74 Å². The fraction of sp³-hybridized carbons (Fsp3) is 0.684. The van der Waals surface area contributed by atoms with E-state index in [0.29, 0.717) is 11.8 Å². The van der Waals surface area contributed by atoms with Crippen LogP contribution in [0.3, 0.4) is 0 Å². The largest absolute Gasteiger partial charge is 0.496 e. The molecular formula is C19H28O3. The van der Waals surface area contributed by atoms with Gasteiger partial charge in [-0.3, -0.25) is 0 Å². The third kappa shape index (κ3) is 2.89. The highest BCUT2D eigenvalue weighted by Gasteiger charge is 2.43. The summed E-state index contributed by atoms with van der Waals surface area (Å²) >= 11 is 0. The van der Waals surface area contributed by atoms with Gasteiger partial charge < -0.3 is 14.9 Å². The minimum atomic E-state index is -0.553. The predicted molar refractivity (Wildman–Crippen MR) is 87.0 cm³/mol. The molecule has 0 aromatic heterocycles. The van der Waals surface area contributed by atoms with E-state index < -0.39 is 6.10 Å². The van der Waals surface area contributed by atoms with Gasteiger partial charge in [0.1, 0.15) is 5.75 Å². The zero-order chi connectivity index (χ0) is 15.7. The first kappa shape index (κ1) is 15.8. The second-order valence-corrected chi connectivity index (χ2v) is 7.22. The number of fused-ring (bicyclic) bond motifs is 2. The van der Waals surface area contributed by atoms with Crippen molar-refractivity contribution in [3.05, 3.63) is 29.3 Å². The SMILES string of the molecule is COc1cccc2c1CC1CC(C)C(CCC(O)CO)C1C2. The number of benzene rings is 1. The van der Waals surface area contributed by atoms with Gasteiger partial charge in [-0.1, -0.05) is 19.1 Å². The van der Waals surface area contributed by atoms with Crippen molar-refractivity contribution in [1.29, 1.82) is 0 Å². The Morgan fingerprint density at radius 3 is 2.86 bits per heavy atom. The van der Waals surface area contributed by atoms with E-state index in [1.165, 1.54) is 17.5 Å². The highest BCUT2D eigenvalue weighted by Crippen LogP contribution is 2.50. The van der Waals surface area contributed by atoms with Crippen LogP contribution in [-0.2, 0) is 12.8 Å². The van der Waals surface area contributed by atoms with Crippen LogP contribution in [0.25, 0.3) is 0 Å². The maximum absolute atomic E-state index is 9.66. The summed E-state index contributed by atoms with van der Waals surface area (Å²) in [6.45, 7) is 2.24. The Morgan fingerprint density at radius 1 is 1.32 bits per heavy atom. The van der Waals surface area contributed by atoms with Crippen LogP contribution in [0.5, 0.6) is 5.75 Å². The number of rotatable bonds is 5. The molecule has 2 aliphatic carbocycles. The summed E-state index contributed by atoms with van der Waals surface area (Å²) in [5.74, 6) is 3.89. The maximum Gasteiger partial charge on any atom is 0.122 e. The monoisotopic (exact) mass is 304 g/mol. The average molecular weight is 304 g/mol. The highest BCUT2D eigenvalue weighted by molar-refractivity contribution is 5.42. The van der Waals surface area contributed by atoms with Gasteiger partial charge in [0.25, 0.3) is 0 Å². The van der Waals surface area contributed by atoms with Gasteiger partial charge in [0.05, 0.1) is 19.8 Å². The van der Waals surface area contributed by atoms with E-state index in [0.717, 1.165) is 43.3 Å². The minimum absolute atomic E-state index is 0.116. The van der Waals surface area contributed by atoms with Gasteiger partial charge in [0.2, 0.25) is 0 Å². The summed E-state index contributed by atoms with van der Waals surface area (Å²) in [5.41, 5.74) is 2.86. The molecule has 22 heavy (non-hydrogen) atoms. The summed E-state index contributed by atoms with van der Waals surface area (Å²) in [4.78, 5) is 0. The standard InChI is InChI=1S/C19H28O3/c1-12-8-14-10-18-13(4-3-5-19(18)22-2)9-17(14)16(12)7-6-15(21)11-20/h3-5,12,14-17,20-21H,6-11H2,1-2H3. The van der Waals surface area contributed by atoms with Crippen molar-refractivity contribution in [2.45, 2.75) is 45.1 Å². The van der Waals surface area contributed by atoms with Crippen LogP contribution in [0, 0.1) is 23.7 Å². The molecule has 3 heteroatoms. The Morgan fingerprint density at radius 2 is 2.14 bits per heavy atom. The summed E-state index contributed by atoms with van der Waals surface area (Å²) < 4.78 is 5.55. The van der Waals surface area contributed by atoms with E-state index >= 15 is 0 Å². The molecule has 0 saturated heterocycles. The lowest BCUT2D eigenvalue weighted by molar-refractivity contribution is 0.0772. The van der Waals surface area contributed by atoms with Gasteiger partial charge in [-0.25, -0.2) is 0 Å². The van der Waals surface area contributed by atoms with Crippen molar-refractivity contribution in [3.63, 3.8) is 0 Å². The van der Waals surface area contributed by atoms with E-state index in [1.807, 2.05) is 0 Å². The van der Waals surface area contributed by atoms with Crippen molar-refractivity contribution < 1.29 is 14.9 Å². The number of hydrogen-bond acceptors (Lipinski definition) is 3. The van der Waals surface area contributed by atoms with Gasteiger partial charge in [0, 0.05) is 0 Å². The topological polar surface area (TPSA) is 49.7 Å². The Labute approximate surface area is 133 Å². The molecule has 3 nitrogen and oxygen atoms in total. The third-order valence-electron chi connectivity index (χ3n) is 5.98. The summed E-state index contributed by atoms with van der Waals surface area (Å²) in [6.07, 6.45) is 4.75. The van der Waals surface area contributed by atoms with Crippen LogP contribution in [0.2, 0.25) is 0 Å². The Balaban J connectivity index is 1.76. The highest BCUT2D eigenvalue weighted by atomic mass is 16.5. The Kier molecular flexibility index (Phi) is 4.74. The molecule has 1 aromatic rings. The van der Waals surface area contributed by atoms with Gasteiger partial charge >= 0.3 is 0 Å². The van der Waals surface area contributed by atoms with Gasteiger partial charge in [-0.15, -0.1) is 0 Å². The van der Waals surface area contributed by atoms with Crippen molar-refractivity contribution >= 4 is 0 Å². The van der Waals surface area contributed by atoms with E-state index in [-0.39, 0.29) is 6.61 Å². The smallest absolute Gasteiger partial charge is 0.122 e. The molecule has 3 rings (SSSR count). The molecule has 122 valence electrons. The molecule has 5 unspecified atom stereocenters. The summed E-state index contributed by atoms with van der Waals surface area (Å²) in [6, 6.07) is 6.42. The lowest BCUT2D eigenvalue weighted by Gasteiger charge is -2.32. The van der Waals surface area contributed by atoms with Gasteiger partial charge in [-0.2, -0.15) is 0 Å². The normalized spacial score (nSPS) is 31.5. The first-order chi connectivity index (χ1) is 10.6. The molecule has 1 fully saturated rings. The molecule has 0 radical (unpaired) electrons. The molecule has 2 aliphatic rings. The Hall–Kier alpha value is -1.06. The molecule has 1 saturated carbocycles. The molecule has 2 N–H and O–H groups in total. The number of ether oxygens (including phenoxy) is 1. The first-order valence-corrected chi connectivity index (χ1v) is 8.57. The number of aliphatic hydroxyl groups is 2. The van der Waals surface area contributed by atoms with E-state index in [9.17, 15) is 5.11 Å². The third-order valence-corrected chi connectivity index (χ3v) is 5.98. The van der Waals surface area contributed by atoms with E-state index in [2.05, 4.69) is 25.1 Å². The van der Waals surface area contributed by atoms with Crippen molar-refractivity contribution in [1.82, 2.24) is 0 Å². The molecule has 1 aromatic carbocycles. The first-order valence-electron chi connectivity index (χ1n) is 8.57. The fourth-order valence-corrected chi connectivity index (χ4v) is 4.87. The quantitative estimate of drug-likeness (QED) is 0.879. The summed E-state index contributed by atoms with van der Waals surface area (Å²) in [5, 5.41) is 18.7. The summed E-state index contributed by atoms with van der Waals surface area (Å²) in [7, 11) is 1.76. The molecular weight excluding hydrogens is 276 g/mol. The molecule has 0 aliphatic heterocycles. The maximum atomic E-state index is 9.66. The van der Waals surface area contributed by atoms with Gasteiger partial charge in [0.15, 0.2) is 0 Å². The predicted octanol–water partition coefficient (Wildman–Crippen LogP) is 2.82. The van der Waals surface area contributed by atoms with Crippen molar-refractivity contribution in [3.8, 4) is 5.75 Å².